The molecule has 2 nitrogen and oxygen atoms in total. The largest absolute Gasteiger partial charge is 0.312 e. The summed E-state index contributed by atoms with van der Waals surface area (Å²) in [5.41, 5.74) is 4.49. The second kappa shape index (κ2) is 4.19. The molecule has 1 aromatic rings. The molecule has 1 aromatic carbocycles. The minimum atomic E-state index is 0.620. The smallest absolute Gasteiger partial charge is 0.0236 e. The van der Waals surface area contributed by atoms with Gasteiger partial charge in [-0.1, -0.05) is 18.2 Å². The quantitative estimate of drug-likeness (QED) is 0.804. The molecule has 1 atom stereocenters. The predicted molar refractivity (Wildman–Crippen MR) is 66.5 cm³/mol. The SMILES string of the molecule is Cc1cccc2c1CNC(CNC1CC1)C2. The van der Waals surface area contributed by atoms with Crippen LogP contribution >= 0.6 is 0 Å². The second-order valence-electron chi connectivity index (χ2n) is 5.18. The summed E-state index contributed by atoms with van der Waals surface area (Å²) in [7, 11) is 0. The van der Waals surface area contributed by atoms with E-state index in [1.165, 1.54) is 30.4 Å². The van der Waals surface area contributed by atoms with E-state index in [0.29, 0.717) is 6.04 Å². The number of hydrogen-bond acceptors (Lipinski definition) is 2. The zero-order valence-corrected chi connectivity index (χ0v) is 9.92. The van der Waals surface area contributed by atoms with Gasteiger partial charge in [-0.3, -0.25) is 0 Å². The minimum Gasteiger partial charge on any atom is -0.312 e. The van der Waals surface area contributed by atoms with E-state index < -0.39 is 0 Å². The van der Waals surface area contributed by atoms with E-state index in [1.54, 1.807) is 5.56 Å². The first-order valence-corrected chi connectivity index (χ1v) is 6.37. The maximum absolute atomic E-state index is 3.64. The molecule has 0 saturated heterocycles. The molecule has 1 fully saturated rings. The molecular weight excluding hydrogens is 196 g/mol. The van der Waals surface area contributed by atoms with Gasteiger partial charge in [0.2, 0.25) is 0 Å². The normalized spacial score (nSPS) is 24.2. The molecule has 2 heteroatoms. The first-order valence-electron chi connectivity index (χ1n) is 6.37. The van der Waals surface area contributed by atoms with Gasteiger partial charge in [0.1, 0.15) is 0 Å². The molecule has 0 radical (unpaired) electrons. The molecule has 0 bridgehead atoms. The van der Waals surface area contributed by atoms with Gasteiger partial charge in [-0.05, 0) is 42.9 Å². The Morgan fingerprint density at radius 2 is 2.25 bits per heavy atom. The van der Waals surface area contributed by atoms with Gasteiger partial charge in [0.15, 0.2) is 0 Å². The molecule has 1 aliphatic heterocycles. The number of fused-ring (bicyclic) bond motifs is 1. The summed E-state index contributed by atoms with van der Waals surface area (Å²) in [6.07, 6.45) is 3.93. The maximum atomic E-state index is 3.64. The van der Waals surface area contributed by atoms with Crippen molar-refractivity contribution in [3.8, 4) is 0 Å². The lowest BCUT2D eigenvalue weighted by Gasteiger charge is -2.27. The molecule has 2 N–H and O–H groups in total. The van der Waals surface area contributed by atoms with Gasteiger partial charge in [0, 0.05) is 25.2 Å². The van der Waals surface area contributed by atoms with Crippen LogP contribution in [0.4, 0.5) is 0 Å². The summed E-state index contributed by atoms with van der Waals surface area (Å²) in [6.45, 7) is 4.38. The lowest BCUT2D eigenvalue weighted by atomic mass is 9.92. The second-order valence-corrected chi connectivity index (χ2v) is 5.18. The minimum absolute atomic E-state index is 0.620. The molecule has 86 valence electrons. The van der Waals surface area contributed by atoms with Crippen LogP contribution in [-0.2, 0) is 13.0 Å². The van der Waals surface area contributed by atoms with E-state index in [2.05, 4.69) is 35.8 Å². The van der Waals surface area contributed by atoms with Crippen molar-refractivity contribution in [2.75, 3.05) is 6.54 Å². The molecule has 1 aliphatic carbocycles. The summed E-state index contributed by atoms with van der Waals surface area (Å²) in [5, 5.41) is 7.25. The van der Waals surface area contributed by atoms with E-state index in [1.807, 2.05) is 0 Å². The van der Waals surface area contributed by atoms with Crippen molar-refractivity contribution in [1.82, 2.24) is 10.6 Å². The van der Waals surface area contributed by atoms with Gasteiger partial charge in [0.05, 0.1) is 0 Å². The average molecular weight is 216 g/mol. The van der Waals surface area contributed by atoms with Crippen molar-refractivity contribution >= 4 is 0 Å². The molecule has 0 spiro atoms. The molecule has 0 aromatic heterocycles. The van der Waals surface area contributed by atoms with Crippen LogP contribution in [-0.4, -0.2) is 18.6 Å². The van der Waals surface area contributed by atoms with Crippen molar-refractivity contribution in [2.24, 2.45) is 0 Å². The Balaban J connectivity index is 1.65. The van der Waals surface area contributed by atoms with E-state index >= 15 is 0 Å². The summed E-state index contributed by atoms with van der Waals surface area (Å²) >= 11 is 0. The van der Waals surface area contributed by atoms with Gasteiger partial charge in [-0.25, -0.2) is 0 Å². The zero-order chi connectivity index (χ0) is 11.0. The van der Waals surface area contributed by atoms with Crippen LogP contribution < -0.4 is 10.6 Å². The Morgan fingerprint density at radius 1 is 1.38 bits per heavy atom. The van der Waals surface area contributed by atoms with E-state index in [0.717, 1.165) is 19.1 Å². The Hall–Kier alpha value is -0.860. The molecule has 1 unspecified atom stereocenters. The lowest BCUT2D eigenvalue weighted by molar-refractivity contribution is 0.446. The fourth-order valence-corrected chi connectivity index (χ4v) is 2.53. The third-order valence-corrected chi connectivity index (χ3v) is 3.77. The molecule has 16 heavy (non-hydrogen) atoms. The van der Waals surface area contributed by atoms with Gasteiger partial charge in [-0.2, -0.15) is 0 Å². The van der Waals surface area contributed by atoms with Crippen LogP contribution in [0.15, 0.2) is 18.2 Å². The van der Waals surface area contributed by atoms with Crippen molar-refractivity contribution in [3.05, 3.63) is 34.9 Å². The fourth-order valence-electron chi connectivity index (χ4n) is 2.53. The topological polar surface area (TPSA) is 24.1 Å². The van der Waals surface area contributed by atoms with Crippen LogP contribution in [0.3, 0.4) is 0 Å². The third kappa shape index (κ3) is 2.13. The summed E-state index contributed by atoms with van der Waals surface area (Å²) in [6, 6.07) is 8.12. The number of rotatable bonds is 3. The van der Waals surface area contributed by atoms with Crippen LogP contribution in [0, 0.1) is 6.92 Å². The van der Waals surface area contributed by atoms with Gasteiger partial charge in [-0.15, -0.1) is 0 Å². The average Bonchev–Trinajstić information content (AvgIpc) is 3.10. The highest BCUT2D eigenvalue weighted by Crippen LogP contribution is 2.21. The van der Waals surface area contributed by atoms with Crippen molar-refractivity contribution < 1.29 is 0 Å². The fraction of sp³-hybridized carbons (Fsp3) is 0.571. The van der Waals surface area contributed by atoms with Gasteiger partial charge < -0.3 is 10.6 Å². The summed E-state index contributed by atoms with van der Waals surface area (Å²) in [4.78, 5) is 0. The van der Waals surface area contributed by atoms with Crippen molar-refractivity contribution in [2.45, 2.75) is 44.8 Å². The molecule has 2 aliphatic rings. The predicted octanol–water partition coefficient (Wildman–Crippen LogP) is 1.76. The Labute approximate surface area is 97.4 Å². The number of nitrogens with one attached hydrogen (secondary N) is 2. The lowest BCUT2D eigenvalue weighted by Crippen LogP contribution is -2.43. The Kier molecular flexibility index (Phi) is 2.70. The van der Waals surface area contributed by atoms with Crippen LogP contribution in [0.2, 0.25) is 0 Å². The first-order chi connectivity index (χ1) is 7.83. The van der Waals surface area contributed by atoms with Gasteiger partial charge >= 0.3 is 0 Å². The van der Waals surface area contributed by atoms with E-state index in [-0.39, 0.29) is 0 Å². The highest BCUT2D eigenvalue weighted by atomic mass is 15.0. The molecule has 1 heterocycles. The first kappa shape index (κ1) is 10.3. The van der Waals surface area contributed by atoms with Crippen molar-refractivity contribution in [1.29, 1.82) is 0 Å². The third-order valence-electron chi connectivity index (χ3n) is 3.77. The van der Waals surface area contributed by atoms with Crippen LogP contribution in [0.5, 0.6) is 0 Å². The monoisotopic (exact) mass is 216 g/mol. The summed E-state index contributed by atoms with van der Waals surface area (Å²) in [5.74, 6) is 0. The Bertz CT molecular complexity index is 382. The molecule has 1 saturated carbocycles. The van der Waals surface area contributed by atoms with Crippen molar-refractivity contribution in [3.63, 3.8) is 0 Å². The van der Waals surface area contributed by atoms with Crippen LogP contribution in [0.1, 0.15) is 29.5 Å². The summed E-state index contributed by atoms with van der Waals surface area (Å²) < 4.78 is 0. The van der Waals surface area contributed by atoms with Gasteiger partial charge in [0.25, 0.3) is 0 Å². The van der Waals surface area contributed by atoms with E-state index in [4.69, 9.17) is 0 Å². The standard InChI is InChI=1S/C14H20N2/c1-10-3-2-4-11-7-13(16-9-14(10)11)8-15-12-5-6-12/h2-4,12-13,15-16H,5-9H2,1H3. The highest BCUT2D eigenvalue weighted by Gasteiger charge is 2.24. The number of aryl methyl sites for hydroxylation is 1. The number of benzene rings is 1. The molecular formula is C14H20N2. The zero-order valence-electron chi connectivity index (χ0n) is 9.92. The maximum Gasteiger partial charge on any atom is 0.0236 e. The van der Waals surface area contributed by atoms with E-state index in [9.17, 15) is 0 Å². The highest BCUT2D eigenvalue weighted by molar-refractivity contribution is 5.36. The molecule has 3 rings (SSSR count). The Morgan fingerprint density at radius 3 is 3.06 bits per heavy atom. The number of hydrogen-bond donors (Lipinski definition) is 2. The van der Waals surface area contributed by atoms with Crippen LogP contribution in [0.25, 0.3) is 0 Å². The molecule has 0 amide bonds.